The first kappa shape index (κ1) is 13.0. The maximum absolute atomic E-state index is 11.9. The number of halogens is 1. The minimum Gasteiger partial charge on any atom is -0.478 e. The molecule has 0 unspecified atom stereocenters. The van der Waals surface area contributed by atoms with E-state index in [4.69, 9.17) is 16.7 Å². The van der Waals surface area contributed by atoms with Crippen molar-refractivity contribution in [2.75, 3.05) is 5.32 Å². The Kier molecular flexibility index (Phi) is 3.72. The van der Waals surface area contributed by atoms with E-state index < -0.39 is 11.9 Å². The third-order valence-electron chi connectivity index (χ3n) is 2.27. The van der Waals surface area contributed by atoms with Gasteiger partial charge in [-0.2, -0.15) is 0 Å². The van der Waals surface area contributed by atoms with E-state index in [-0.39, 0.29) is 22.1 Å². The number of carbonyl (C=O) groups excluding carboxylic acids is 1. The van der Waals surface area contributed by atoms with Gasteiger partial charge in [0.05, 0.1) is 11.3 Å². The van der Waals surface area contributed by atoms with Crippen molar-refractivity contribution < 1.29 is 14.7 Å². The van der Waals surface area contributed by atoms with Gasteiger partial charge >= 0.3 is 5.97 Å². The van der Waals surface area contributed by atoms with Gasteiger partial charge in [0, 0.05) is 0 Å². The summed E-state index contributed by atoms with van der Waals surface area (Å²) in [6, 6.07) is 8.90. The van der Waals surface area contributed by atoms with Gasteiger partial charge in [0.15, 0.2) is 10.8 Å². The molecule has 0 atom stereocenters. The van der Waals surface area contributed by atoms with Gasteiger partial charge < -0.3 is 10.4 Å². The molecule has 2 aromatic rings. The fraction of sp³-hybridized carbons (Fsp3) is 0. The van der Waals surface area contributed by atoms with E-state index >= 15 is 0 Å². The molecule has 0 saturated heterocycles. The number of amides is 1. The number of carboxylic acid groups (broad SMARTS) is 1. The number of benzene rings is 1. The van der Waals surface area contributed by atoms with E-state index in [1.807, 2.05) is 0 Å². The van der Waals surface area contributed by atoms with Gasteiger partial charge in [0.25, 0.3) is 5.91 Å². The molecule has 19 heavy (non-hydrogen) atoms. The fourth-order valence-corrected chi connectivity index (χ4v) is 1.50. The van der Waals surface area contributed by atoms with Crippen LogP contribution in [0.5, 0.6) is 0 Å². The molecule has 0 fully saturated rings. The van der Waals surface area contributed by atoms with Crippen LogP contribution in [0, 0.1) is 0 Å². The van der Waals surface area contributed by atoms with E-state index in [0.717, 1.165) is 0 Å². The molecule has 0 aliphatic carbocycles. The van der Waals surface area contributed by atoms with Crippen molar-refractivity contribution in [2.45, 2.75) is 0 Å². The Balaban J connectivity index is 2.24. The highest BCUT2D eigenvalue weighted by Gasteiger charge is 2.13. The van der Waals surface area contributed by atoms with Gasteiger partial charge in [-0.15, -0.1) is 10.2 Å². The van der Waals surface area contributed by atoms with Crippen LogP contribution in [0.1, 0.15) is 20.8 Å². The van der Waals surface area contributed by atoms with E-state index in [1.54, 1.807) is 12.1 Å². The highest BCUT2D eigenvalue weighted by atomic mass is 35.5. The normalized spacial score (nSPS) is 9.95. The number of carbonyl (C=O) groups is 2. The molecule has 1 amide bonds. The van der Waals surface area contributed by atoms with Crippen LogP contribution in [0.3, 0.4) is 0 Å². The molecule has 2 rings (SSSR count). The molecule has 1 aromatic carbocycles. The van der Waals surface area contributed by atoms with Gasteiger partial charge in [-0.3, -0.25) is 4.79 Å². The Hall–Kier alpha value is -2.47. The zero-order chi connectivity index (χ0) is 13.8. The Morgan fingerprint density at radius 2 is 1.84 bits per heavy atom. The molecule has 0 aliphatic rings. The SMILES string of the molecule is O=C(Nc1ccccc1C(=O)O)c1ccc(Cl)nn1. The number of anilines is 1. The Morgan fingerprint density at radius 1 is 1.11 bits per heavy atom. The van der Waals surface area contributed by atoms with E-state index in [9.17, 15) is 9.59 Å². The lowest BCUT2D eigenvalue weighted by Gasteiger charge is -2.07. The summed E-state index contributed by atoms with van der Waals surface area (Å²) in [6.07, 6.45) is 0. The zero-order valence-electron chi connectivity index (χ0n) is 9.50. The second kappa shape index (κ2) is 5.45. The standard InChI is InChI=1S/C12H8ClN3O3/c13-10-6-5-9(15-16-10)11(17)14-8-4-2-1-3-7(8)12(18)19/h1-6H,(H,14,17)(H,18,19). The number of hydrogen-bond acceptors (Lipinski definition) is 4. The van der Waals surface area contributed by atoms with Crippen LogP contribution >= 0.6 is 11.6 Å². The number of aromatic nitrogens is 2. The second-order valence-corrected chi connectivity index (χ2v) is 3.93. The van der Waals surface area contributed by atoms with Gasteiger partial charge in [-0.1, -0.05) is 23.7 Å². The van der Waals surface area contributed by atoms with Crippen molar-refractivity contribution in [3.8, 4) is 0 Å². The molecular weight excluding hydrogens is 270 g/mol. The van der Waals surface area contributed by atoms with E-state index in [0.29, 0.717) is 0 Å². The number of aromatic carboxylic acids is 1. The molecule has 1 aromatic heterocycles. The molecule has 0 radical (unpaired) electrons. The first-order valence-electron chi connectivity index (χ1n) is 5.21. The third kappa shape index (κ3) is 3.05. The molecule has 0 spiro atoms. The summed E-state index contributed by atoms with van der Waals surface area (Å²) in [6.45, 7) is 0. The highest BCUT2D eigenvalue weighted by molar-refractivity contribution is 6.29. The molecule has 7 heteroatoms. The lowest BCUT2D eigenvalue weighted by atomic mass is 10.2. The Bertz CT molecular complexity index is 628. The highest BCUT2D eigenvalue weighted by Crippen LogP contribution is 2.15. The van der Waals surface area contributed by atoms with Crippen LogP contribution in [-0.4, -0.2) is 27.2 Å². The molecular formula is C12H8ClN3O3. The molecule has 2 N–H and O–H groups in total. The summed E-state index contributed by atoms with van der Waals surface area (Å²) in [5.74, 6) is -1.68. The van der Waals surface area contributed by atoms with Crippen LogP contribution in [0.2, 0.25) is 5.15 Å². The van der Waals surface area contributed by atoms with Crippen LogP contribution in [0.15, 0.2) is 36.4 Å². The summed E-state index contributed by atoms with van der Waals surface area (Å²) < 4.78 is 0. The molecule has 96 valence electrons. The van der Waals surface area contributed by atoms with Crippen LogP contribution in [0.25, 0.3) is 0 Å². The number of hydrogen-bond donors (Lipinski definition) is 2. The molecule has 6 nitrogen and oxygen atoms in total. The maximum Gasteiger partial charge on any atom is 0.337 e. The predicted octanol–water partition coefficient (Wildman–Crippen LogP) is 2.08. The van der Waals surface area contributed by atoms with Gasteiger partial charge in [-0.05, 0) is 24.3 Å². The Morgan fingerprint density at radius 3 is 2.47 bits per heavy atom. The summed E-state index contributed by atoms with van der Waals surface area (Å²) in [4.78, 5) is 22.8. The van der Waals surface area contributed by atoms with Crippen molar-refractivity contribution in [3.63, 3.8) is 0 Å². The summed E-state index contributed by atoms with van der Waals surface area (Å²) >= 11 is 5.56. The molecule has 0 saturated carbocycles. The maximum atomic E-state index is 11.9. The minimum atomic E-state index is -1.13. The molecule has 1 heterocycles. The van der Waals surface area contributed by atoms with Crippen LogP contribution in [-0.2, 0) is 0 Å². The fourth-order valence-electron chi connectivity index (χ4n) is 1.40. The minimum absolute atomic E-state index is 0.00206. The van der Waals surface area contributed by atoms with Crippen molar-refractivity contribution in [1.82, 2.24) is 10.2 Å². The first-order valence-corrected chi connectivity index (χ1v) is 5.58. The number of carboxylic acids is 1. The second-order valence-electron chi connectivity index (χ2n) is 3.55. The summed E-state index contributed by atoms with van der Waals surface area (Å²) in [5.41, 5.74) is 0.235. The van der Waals surface area contributed by atoms with Gasteiger partial charge in [0.2, 0.25) is 0 Å². The average Bonchev–Trinajstić information content (AvgIpc) is 2.39. The largest absolute Gasteiger partial charge is 0.478 e. The van der Waals surface area contributed by atoms with Crippen molar-refractivity contribution >= 4 is 29.2 Å². The van der Waals surface area contributed by atoms with Crippen LogP contribution < -0.4 is 5.32 Å². The number of nitrogens with zero attached hydrogens (tertiary/aromatic N) is 2. The lowest BCUT2D eigenvalue weighted by molar-refractivity contribution is 0.0698. The quantitative estimate of drug-likeness (QED) is 0.896. The lowest BCUT2D eigenvalue weighted by Crippen LogP contribution is -2.16. The van der Waals surface area contributed by atoms with Crippen molar-refractivity contribution in [2.24, 2.45) is 0 Å². The van der Waals surface area contributed by atoms with Crippen molar-refractivity contribution in [1.29, 1.82) is 0 Å². The van der Waals surface area contributed by atoms with Gasteiger partial charge in [0.1, 0.15) is 0 Å². The molecule has 0 aliphatic heterocycles. The smallest absolute Gasteiger partial charge is 0.337 e. The van der Waals surface area contributed by atoms with Gasteiger partial charge in [-0.25, -0.2) is 4.79 Å². The first-order chi connectivity index (χ1) is 9.08. The predicted molar refractivity (Wildman–Crippen MR) is 68.4 cm³/mol. The molecule has 0 bridgehead atoms. The number of para-hydroxylation sites is 1. The average molecular weight is 278 g/mol. The number of nitrogens with one attached hydrogen (secondary N) is 1. The monoisotopic (exact) mass is 277 g/mol. The zero-order valence-corrected chi connectivity index (χ0v) is 10.3. The summed E-state index contributed by atoms with van der Waals surface area (Å²) in [5, 5.41) is 18.8. The number of rotatable bonds is 3. The Labute approximate surface area is 113 Å². The van der Waals surface area contributed by atoms with E-state index in [2.05, 4.69) is 15.5 Å². The summed E-state index contributed by atoms with van der Waals surface area (Å²) in [7, 11) is 0. The topological polar surface area (TPSA) is 92.2 Å². The van der Waals surface area contributed by atoms with Crippen LogP contribution in [0.4, 0.5) is 5.69 Å². The third-order valence-corrected chi connectivity index (χ3v) is 2.47. The van der Waals surface area contributed by atoms with E-state index in [1.165, 1.54) is 24.3 Å². The van der Waals surface area contributed by atoms with Crippen molar-refractivity contribution in [3.05, 3.63) is 52.8 Å².